The molecule has 8 bridgehead atoms. The summed E-state index contributed by atoms with van der Waals surface area (Å²) in [5.74, 6) is 3.26. The summed E-state index contributed by atoms with van der Waals surface area (Å²) in [6.45, 7) is 28.1. The van der Waals surface area contributed by atoms with Crippen LogP contribution >= 0.6 is 0 Å². The monoisotopic (exact) mass is 1400 g/mol. The van der Waals surface area contributed by atoms with E-state index in [0.717, 1.165) is 114 Å². The average Bonchev–Trinajstić information content (AvgIpc) is 0.874. The van der Waals surface area contributed by atoms with Crippen molar-refractivity contribution >= 4 is 47.8 Å². The van der Waals surface area contributed by atoms with E-state index in [1.54, 1.807) is 0 Å². The summed E-state index contributed by atoms with van der Waals surface area (Å²) in [5, 5.41) is 0. The van der Waals surface area contributed by atoms with Crippen molar-refractivity contribution < 1.29 is 85.7 Å². The maximum Gasteiger partial charge on any atom is 0.332 e. The molecule has 0 N–H and O–H groups in total. The Labute approximate surface area is 599 Å². The first-order valence-corrected chi connectivity index (χ1v) is 35.2. The molecule has 0 spiro atoms. The van der Waals surface area contributed by atoms with Crippen LogP contribution in [0.15, 0.2) is 0 Å². The molecule has 0 saturated heterocycles. The number of hydrogen-bond acceptors (Lipinski definition) is 18. The molecule has 0 aromatic rings. The van der Waals surface area contributed by atoms with Crippen LogP contribution in [0.2, 0.25) is 0 Å². The second-order valence-electron chi connectivity index (χ2n) is 29.7. The summed E-state index contributed by atoms with van der Waals surface area (Å²) in [4.78, 5) is 94.8. The lowest BCUT2D eigenvalue weighted by molar-refractivity contribution is -0.207. The van der Waals surface area contributed by atoms with E-state index in [1.165, 1.54) is 64.2 Å². The first kappa shape index (κ1) is 100. The van der Waals surface area contributed by atoms with Crippen molar-refractivity contribution in [3.63, 3.8) is 0 Å². The fourth-order valence-corrected chi connectivity index (χ4v) is 15.3. The summed E-state index contributed by atoms with van der Waals surface area (Å²) in [6.07, 6.45) is 25.8. The summed E-state index contributed by atoms with van der Waals surface area (Å²) < 4.78 is 54.3. The number of carbonyl (C=O) groups is 8. The highest BCUT2D eigenvalue weighted by Crippen LogP contribution is 2.61. The molecule has 10 saturated carbocycles. The van der Waals surface area contributed by atoms with E-state index in [0.29, 0.717) is 23.7 Å². The highest BCUT2D eigenvalue weighted by Gasteiger charge is 2.58. The summed E-state index contributed by atoms with van der Waals surface area (Å²) in [6, 6.07) is 0. The average molecular weight is 1400 g/mol. The minimum absolute atomic E-state index is 0. The molecule has 98 heavy (non-hydrogen) atoms. The molecule has 0 aromatic heterocycles. The molecule has 0 heterocycles. The summed E-state index contributed by atoms with van der Waals surface area (Å²) in [5.41, 5.74) is -2.10. The second-order valence-corrected chi connectivity index (χ2v) is 29.7. The van der Waals surface area contributed by atoms with Crippen molar-refractivity contribution in [3.8, 4) is 0 Å². The first-order valence-electron chi connectivity index (χ1n) is 35.2. The Hall–Kier alpha value is -4.32. The molecule has 10 rings (SSSR count). The van der Waals surface area contributed by atoms with Gasteiger partial charge in [0.25, 0.3) is 0 Å². The fraction of sp³-hybridized carbons (Fsp3) is 0.900. The SMILES string of the molecule is C.C.C.C.C.C.C.C.CCC(C)(C)C(=O)OCCOCC(=O)OC1(C)C2CC3CC(C2)CC1C3.CCC(C)C(=O)OCCC(=O)OC1(CC)CCCC1.CCC(C)C(=O)OCCOCC(=O)OC1(C)C2CC3CC(C2)CC1C3.CCC1(OC(=O)CCOC(=O)C(C)(C)CC)CCCC1. The van der Waals surface area contributed by atoms with Crippen LogP contribution in [-0.4, -0.2) is 123 Å². The third-order valence-electron chi connectivity index (χ3n) is 22.5. The van der Waals surface area contributed by atoms with Gasteiger partial charge in [-0.25, -0.2) is 9.59 Å². The Kier molecular flexibility index (Phi) is 47.3. The Morgan fingerprint density at radius 3 is 0.939 bits per heavy atom. The Balaban J connectivity index is -0.000000590. The minimum Gasteiger partial charge on any atom is -0.465 e. The molecular weight excluding hydrogens is 1250 g/mol. The molecule has 0 aliphatic heterocycles. The molecule has 18 nitrogen and oxygen atoms in total. The lowest BCUT2D eigenvalue weighted by atomic mass is 9.50. The molecule has 0 radical (unpaired) electrons. The summed E-state index contributed by atoms with van der Waals surface area (Å²) >= 11 is 0. The zero-order valence-corrected chi connectivity index (χ0v) is 58.2. The molecular formula is C80H152O18. The molecule has 2 unspecified atom stereocenters. The van der Waals surface area contributed by atoms with Crippen molar-refractivity contribution in [1.82, 2.24) is 0 Å². The predicted molar refractivity (Wildman–Crippen MR) is 394 cm³/mol. The minimum atomic E-state index is -0.486. The maximum absolute atomic E-state index is 12.3. The van der Waals surface area contributed by atoms with Crippen molar-refractivity contribution in [1.29, 1.82) is 0 Å². The Morgan fingerprint density at radius 2 is 0.653 bits per heavy atom. The van der Waals surface area contributed by atoms with Crippen LogP contribution in [0.25, 0.3) is 0 Å². The fourth-order valence-electron chi connectivity index (χ4n) is 15.3. The second kappa shape index (κ2) is 46.3. The number of esters is 8. The van der Waals surface area contributed by atoms with Gasteiger partial charge < -0.3 is 47.4 Å². The van der Waals surface area contributed by atoms with Gasteiger partial charge in [0.05, 0.1) is 48.7 Å². The number of ether oxygens (including phenoxy) is 10. The zero-order valence-electron chi connectivity index (χ0n) is 58.2. The Bertz CT molecular complexity index is 2260. The van der Waals surface area contributed by atoms with Gasteiger partial charge in [0.1, 0.15) is 62.0 Å². The Morgan fingerprint density at radius 1 is 0.378 bits per heavy atom. The van der Waals surface area contributed by atoms with Crippen LogP contribution in [0.4, 0.5) is 0 Å². The molecule has 580 valence electrons. The molecule has 10 aliphatic carbocycles. The first-order chi connectivity index (χ1) is 42.5. The smallest absolute Gasteiger partial charge is 0.332 e. The molecule has 0 aromatic carbocycles. The topological polar surface area (TPSA) is 229 Å². The lowest BCUT2D eigenvalue weighted by Crippen LogP contribution is -2.58. The van der Waals surface area contributed by atoms with Crippen molar-refractivity contribution in [2.45, 2.75) is 346 Å². The molecule has 10 aliphatic rings. The van der Waals surface area contributed by atoms with E-state index in [2.05, 4.69) is 27.7 Å². The predicted octanol–water partition coefficient (Wildman–Crippen LogP) is 19.0. The number of carbonyl (C=O) groups excluding carboxylic acids is 8. The normalized spacial score (nSPS) is 26.1. The lowest BCUT2D eigenvalue weighted by Gasteiger charge is -2.59. The van der Waals surface area contributed by atoms with Crippen molar-refractivity contribution in [2.24, 2.45) is 70.0 Å². The molecule has 2 atom stereocenters. The molecule has 0 amide bonds. The maximum atomic E-state index is 12.3. The van der Waals surface area contributed by atoms with Crippen molar-refractivity contribution in [2.75, 3.05) is 52.9 Å². The van der Waals surface area contributed by atoms with E-state index in [1.807, 2.05) is 69.2 Å². The zero-order chi connectivity index (χ0) is 66.5. The van der Waals surface area contributed by atoms with Crippen LogP contribution in [-0.2, 0) is 85.7 Å². The van der Waals surface area contributed by atoms with Gasteiger partial charge in [0, 0.05) is 0 Å². The van der Waals surface area contributed by atoms with Gasteiger partial charge in [-0.05, 0) is 243 Å². The quantitative estimate of drug-likeness (QED) is 0.0370. The van der Waals surface area contributed by atoms with Crippen LogP contribution in [0, 0.1) is 70.0 Å². The van der Waals surface area contributed by atoms with Gasteiger partial charge in [0.2, 0.25) is 0 Å². The largest absolute Gasteiger partial charge is 0.465 e. The van der Waals surface area contributed by atoms with Gasteiger partial charge in [-0.1, -0.05) is 115 Å². The number of rotatable bonds is 30. The van der Waals surface area contributed by atoms with Gasteiger partial charge in [0.15, 0.2) is 0 Å². The van der Waals surface area contributed by atoms with Crippen LogP contribution in [0.3, 0.4) is 0 Å². The van der Waals surface area contributed by atoms with E-state index in [4.69, 9.17) is 47.4 Å². The van der Waals surface area contributed by atoms with Gasteiger partial charge in [-0.15, -0.1) is 0 Å². The van der Waals surface area contributed by atoms with Gasteiger partial charge in [-0.3, -0.25) is 28.8 Å². The van der Waals surface area contributed by atoms with Crippen LogP contribution in [0.5, 0.6) is 0 Å². The summed E-state index contributed by atoms with van der Waals surface area (Å²) in [7, 11) is 0. The highest BCUT2D eigenvalue weighted by atomic mass is 16.6. The van der Waals surface area contributed by atoms with Crippen molar-refractivity contribution in [3.05, 3.63) is 0 Å². The van der Waals surface area contributed by atoms with E-state index >= 15 is 0 Å². The number of hydrogen-bond donors (Lipinski definition) is 0. The van der Waals surface area contributed by atoms with Gasteiger partial charge in [-0.2, -0.15) is 0 Å². The third-order valence-corrected chi connectivity index (χ3v) is 22.5. The van der Waals surface area contributed by atoms with Gasteiger partial charge >= 0.3 is 47.8 Å². The third kappa shape index (κ3) is 28.8. The standard InChI is InChI=1S/C21H34O5.C20H32O5.C16H28O4.C15H26O4.8CH4/c1-5-20(2,3)19(23)25-7-6-24-13-18(22)26-21(4)16-9-14-8-15(11-16)12-17(21)10-14;1-4-13(2)19(22)24-6-5-23-12-18(21)25-20(3)16-8-14-7-15(10-16)11-17(20)9-14;1-5-15(3,4)14(18)19-12-9-13(17)20-16(6-2)10-7-8-11-16;1-4-12(3)14(17)18-11-8-13(16)19-15(5-2)9-6-7-10-15;;;;;;;;/h14-17H,5-13H2,1-4H3;13-17H,4-12H2,1-3H3;5-12H2,1-4H3;12H,4-11H2,1-3H3;8*1H4. The highest BCUT2D eigenvalue weighted by molar-refractivity contribution is 5.77. The van der Waals surface area contributed by atoms with E-state index in [9.17, 15) is 38.4 Å². The van der Waals surface area contributed by atoms with E-state index < -0.39 is 10.8 Å². The van der Waals surface area contributed by atoms with Crippen LogP contribution < -0.4 is 0 Å². The van der Waals surface area contributed by atoms with E-state index in [-0.39, 0.29) is 207 Å². The van der Waals surface area contributed by atoms with Crippen LogP contribution in [0.1, 0.15) is 323 Å². The molecule has 10 fully saturated rings. The molecule has 18 heteroatoms.